The van der Waals surface area contributed by atoms with Crippen LogP contribution in [0.2, 0.25) is 0 Å². The fraction of sp³-hybridized carbons (Fsp3) is 0.500. The van der Waals surface area contributed by atoms with E-state index < -0.39 is 36.0 Å². The van der Waals surface area contributed by atoms with E-state index in [1.165, 1.54) is 0 Å². The van der Waals surface area contributed by atoms with Crippen LogP contribution in [-0.4, -0.2) is 59.4 Å². The molecule has 7 nitrogen and oxygen atoms in total. The first kappa shape index (κ1) is 32.2. The first-order valence-corrected chi connectivity index (χ1v) is 13.1. The molecule has 0 saturated carbocycles. The Labute approximate surface area is 233 Å². The van der Waals surface area contributed by atoms with E-state index in [0.717, 1.165) is 0 Å². The summed E-state index contributed by atoms with van der Waals surface area (Å²) in [6.45, 7) is 11.6. The summed E-state index contributed by atoms with van der Waals surface area (Å²) in [5, 5.41) is 20.5. The standard InChI is InChI=1S/C32H42O7/c1-31(2,3)38-29(36-27-17-9-7-10-18-27)21-13-15-25(33)23-35-24-26(34)16-14-22-30(39-32(4,5)6)37-28-19-11-8-12-20-28/h7-12,17-20,25-26,29-30,33-34H,15-16,23-24H2,1-6H3. The van der Waals surface area contributed by atoms with Crippen molar-refractivity contribution in [2.45, 2.75) is 90.4 Å². The van der Waals surface area contributed by atoms with E-state index in [1.54, 1.807) is 0 Å². The van der Waals surface area contributed by atoms with Gasteiger partial charge >= 0.3 is 0 Å². The van der Waals surface area contributed by atoms with Crippen LogP contribution in [0, 0.1) is 23.7 Å². The average molecular weight is 539 g/mol. The molecule has 4 atom stereocenters. The van der Waals surface area contributed by atoms with Crippen LogP contribution in [-0.2, 0) is 14.2 Å². The topological polar surface area (TPSA) is 86.6 Å². The van der Waals surface area contributed by atoms with Crippen LogP contribution in [0.5, 0.6) is 11.5 Å². The van der Waals surface area contributed by atoms with E-state index in [9.17, 15) is 10.2 Å². The van der Waals surface area contributed by atoms with Crippen molar-refractivity contribution in [3.8, 4) is 35.2 Å². The van der Waals surface area contributed by atoms with Crippen molar-refractivity contribution in [2.24, 2.45) is 0 Å². The molecule has 0 heterocycles. The van der Waals surface area contributed by atoms with Crippen molar-refractivity contribution in [1.82, 2.24) is 0 Å². The first-order valence-electron chi connectivity index (χ1n) is 13.1. The van der Waals surface area contributed by atoms with Crippen LogP contribution in [0.3, 0.4) is 0 Å². The highest BCUT2D eigenvalue weighted by Gasteiger charge is 2.19. The van der Waals surface area contributed by atoms with Crippen LogP contribution in [0.1, 0.15) is 54.4 Å². The maximum atomic E-state index is 10.2. The Morgan fingerprint density at radius 2 is 0.974 bits per heavy atom. The molecule has 0 amide bonds. The highest BCUT2D eigenvalue weighted by molar-refractivity contribution is 5.23. The third kappa shape index (κ3) is 15.8. The van der Waals surface area contributed by atoms with E-state index in [4.69, 9.17) is 23.7 Å². The third-order valence-corrected chi connectivity index (χ3v) is 4.63. The molecule has 0 fully saturated rings. The number of rotatable bonds is 12. The Bertz CT molecular complexity index is 979. The van der Waals surface area contributed by atoms with E-state index in [0.29, 0.717) is 11.5 Å². The van der Waals surface area contributed by atoms with Crippen LogP contribution < -0.4 is 9.47 Å². The second-order valence-corrected chi connectivity index (χ2v) is 10.9. The summed E-state index contributed by atoms with van der Waals surface area (Å²) < 4.78 is 28.9. The lowest BCUT2D eigenvalue weighted by molar-refractivity contribution is -0.119. The van der Waals surface area contributed by atoms with Crippen LogP contribution in [0.4, 0.5) is 0 Å². The molecule has 0 saturated heterocycles. The van der Waals surface area contributed by atoms with Gasteiger partial charge < -0.3 is 33.9 Å². The van der Waals surface area contributed by atoms with Gasteiger partial charge in [-0.05, 0) is 77.6 Å². The summed E-state index contributed by atoms with van der Waals surface area (Å²) in [7, 11) is 0. The summed E-state index contributed by atoms with van der Waals surface area (Å²) in [4.78, 5) is 0. The van der Waals surface area contributed by atoms with Gasteiger partial charge in [-0.1, -0.05) is 48.2 Å². The van der Waals surface area contributed by atoms with Gasteiger partial charge in [0.15, 0.2) is 0 Å². The van der Waals surface area contributed by atoms with Crippen LogP contribution in [0.15, 0.2) is 60.7 Å². The Balaban J connectivity index is 1.78. The van der Waals surface area contributed by atoms with Crippen molar-refractivity contribution >= 4 is 0 Å². The number of hydrogen-bond acceptors (Lipinski definition) is 7. The molecule has 2 N–H and O–H groups in total. The van der Waals surface area contributed by atoms with Gasteiger partial charge in [0.05, 0.1) is 36.6 Å². The molecule has 0 aliphatic carbocycles. The number of ether oxygens (including phenoxy) is 5. The number of para-hydroxylation sites is 2. The maximum Gasteiger partial charge on any atom is 0.265 e. The molecule has 0 aliphatic rings. The van der Waals surface area contributed by atoms with E-state index in [-0.39, 0.29) is 26.1 Å². The van der Waals surface area contributed by atoms with Crippen molar-refractivity contribution < 1.29 is 33.9 Å². The lowest BCUT2D eigenvalue weighted by Crippen LogP contribution is -2.30. The number of aliphatic hydroxyl groups is 2. The Kier molecular flexibility index (Phi) is 13.3. The van der Waals surface area contributed by atoms with Crippen LogP contribution in [0.25, 0.3) is 0 Å². The first-order chi connectivity index (χ1) is 18.4. The van der Waals surface area contributed by atoms with E-state index in [2.05, 4.69) is 23.7 Å². The average Bonchev–Trinajstić information content (AvgIpc) is 2.83. The fourth-order valence-electron chi connectivity index (χ4n) is 3.03. The predicted molar refractivity (Wildman–Crippen MR) is 151 cm³/mol. The number of hydrogen-bond donors (Lipinski definition) is 2. The number of aliphatic hydroxyl groups excluding tert-OH is 2. The van der Waals surface area contributed by atoms with Gasteiger partial charge in [-0.25, -0.2) is 0 Å². The molecule has 39 heavy (non-hydrogen) atoms. The van der Waals surface area contributed by atoms with Gasteiger partial charge in [-0.3, -0.25) is 0 Å². The quantitative estimate of drug-likeness (QED) is 0.292. The molecule has 2 rings (SSSR count). The highest BCUT2D eigenvalue weighted by atomic mass is 16.7. The molecule has 4 unspecified atom stereocenters. The molecule has 0 aliphatic heterocycles. The van der Waals surface area contributed by atoms with Crippen molar-refractivity contribution in [3.63, 3.8) is 0 Å². The highest BCUT2D eigenvalue weighted by Crippen LogP contribution is 2.17. The summed E-state index contributed by atoms with van der Waals surface area (Å²) in [6, 6.07) is 18.6. The molecule has 0 radical (unpaired) electrons. The molecule has 0 spiro atoms. The summed E-state index contributed by atoms with van der Waals surface area (Å²) >= 11 is 0. The molecule has 212 valence electrons. The molecular weight excluding hydrogens is 496 g/mol. The largest absolute Gasteiger partial charge is 0.453 e. The Hall–Kier alpha value is -3.04. The van der Waals surface area contributed by atoms with Crippen LogP contribution >= 0.6 is 0 Å². The SMILES string of the molecule is CC(C)(C)OC(C#CCC(O)COCC(O)CC#CC(Oc1ccccc1)OC(C)(C)C)Oc1ccccc1. The van der Waals surface area contributed by atoms with Gasteiger partial charge in [-0.2, -0.15) is 0 Å². The Morgan fingerprint density at radius 3 is 1.31 bits per heavy atom. The van der Waals surface area contributed by atoms with Gasteiger partial charge in [-0.15, -0.1) is 0 Å². The van der Waals surface area contributed by atoms with Gasteiger partial charge in [0.1, 0.15) is 11.5 Å². The normalized spacial score (nSPS) is 14.6. The third-order valence-electron chi connectivity index (χ3n) is 4.63. The van der Waals surface area contributed by atoms with Gasteiger partial charge in [0, 0.05) is 12.8 Å². The molecule has 2 aromatic carbocycles. The number of benzene rings is 2. The second-order valence-electron chi connectivity index (χ2n) is 10.9. The van der Waals surface area contributed by atoms with E-state index >= 15 is 0 Å². The minimum absolute atomic E-state index is 0.0242. The molecular formula is C32H42O7. The fourth-order valence-corrected chi connectivity index (χ4v) is 3.03. The van der Waals surface area contributed by atoms with Gasteiger partial charge in [0.2, 0.25) is 0 Å². The summed E-state index contributed by atoms with van der Waals surface area (Å²) in [6.07, 6.45) is -2.88. The molecule has 0 bridgehead atoms. The maximum absolute atomic E-state index is 10.2. The summed E-state index contributed by atoms with van der Waals surface area (Å²) in [5.41, 5.74) is -0.914. The second kappa shape index (κ2) is 16.2. The lowest BCUT2D eigenvalue weighted by Gasteiger charge is -2.24. The molecule has 2 aromatic rings. The van der Waals surface area contributed by atoms with Crippen molar-refractivity contribution in [1.29, 1.82) is 0 Å². The smallest absolute Gasteiger partial charge is 0.265 e. The summed E-state index contributed by atoms with van der Waals surface area (Å²) in [5.74, 6) is 13.0. The monoisotopic (exact) mass is 538 g/mol. The van der Waals surface area contributed by atoms with Crippen molar-refractivity contribution in [2.75, 3.05) is 13.2 Å². The molecule has 7 heteroatoms. The minimum Gasteiger partial charge on any atom is -0.453 e. The zero-order valence-corrected chi connectivity index (χ0v) is 23.8. The zero-order chi connectivity index (χ0) is 28.7. The zero-order valence-electron chi connectivity index (χ0n) is 23.8. The van der Waals surface area contributed by atoms with Gasteiger partial charge in [0.25, 0.3) is 12.6 Å². The lowest BCUT2D eigenvalue weighted by atomic mass is 10.2. The predicted octanol–water partition coefficient (Wildman–Crippen LogP) is 4.95. The van der Waals surface area contributed by atoms with E-state index in [1.807, 2.05) is 102 Å². The molecule has 0 aromatic heterocycles. The Morgan fingerprint density at radius 1 is 0.615 bits per heavy atom. The van der Waals surface area contributed by atoms with Crippen molar-refractivity contribution in [3.05, 3.63) is 60.7 Å². The minimum atomic E-state index is -0.827.